The SMILES string of the molecule is CCC1(C(=O)Nc2ccc(C)c3ncccc23)CCNC1. The molecule has 1 fully saturated rings. The van der Waals surface area contributed by atoms with Crippen LogP contribution in [0.5, 0.6) is 0 Å². The Hall–Kier alpha value is -1.94. The van der Waals surface area contributed by atoms with E-state index in [2.05, 4.69) is 22.5 Å². The molecule has 0 aliphatic carbocycles. The predicted octanol–water partition coefficient (Wildman–Crippen LogP) is 2.87. The Kier molecular flexibility index (Phi) is 3.64. The van der Waals surface area contributed by atoms with Gasteiger partial charge in [0.1, 0.15) is 0 Å². The molecule has 0 spiro atoms. The third-order valence-electron chi connectivity index (χ3n) is 4.62. The first kappa shape index (κ1) is 14.0. The maximum absolute atomic E-state index is 12.7. The Morgan fingerprint density at radius 3 is 3.00 bits per heavy atom. The number of nitrogens with zero attached hydrogens (tertiary/aromatic N) is 1. The highest BCUT2D eigenvalue weighted by Gasteiger charge is 2.39. The fourth-order valence-electron chi connectivity index (χ4n) is 3.08. The molecule has 1 aromatic carbocycles. The van der Waals surface area contributed by atoms with E-state index in [0.29, 0.717) is 0 Å². The molecule has 1 atom stereocenters. The van der Waals surface area contributed by atoms with Gasteiger partial charge in [-0.3, -0.25) is 9.78 Å². The molecule has 0 saturated carbocycles. The summed E-state index contributed by atoms with van der Waals surface area (Å²) in [5.41, 5.74) is 2.65. The zero-order valence-corrected chi connectivity index (χ0v) is 12.6. The number of carbonyl (C=O) groups is 1. The number of hydrogen-bond donors (Lipinski definition) is 2. The van der Waals surface area contributed by atoms with E-state index in [-0.39, 0.29) is 11.3 Å². The van der Waals surface area contributed by atoms with Gasteiger partial charge in [0.05, 0.1) is 16.6 Å². The summed E-state index contributed by atoms with van der Waals surface area (Å²) in [5, 5.41) is 7.43. The van der Waals surface area contributed by atoms with Crippen LogP contribution in [0, 0.1) is 12.3 Å². The van der Waals surface area contributed by atoms with E-state index >= 15 is 0 Å². The van der Waals surface area contributed by atoms with Gasteiger partial charge in [0.15, 0.2) is 0 Å². The number of anilines is 1. The molecule has 2 aromatic rings. The van der Waals surface area contributed by atoms with Gasteiger partial charge in [0.2, 0.25) is 5.91 Å². The first-order valence-electron chi connectivity index (χ1n) is 7.53. The van der Waals surface area contributed by atoms with E-state index < -0.39 is 0 Å². The van der Waals surface area contributed by atoms with Crippen LogP contribution >= 0.6 is 0 Å². The van der Waals surface area contributed by atoms with Crippen molar-refractivity contribution in [2.45, 2.75) is 26.7 Å². The number of carbonyl (C=O) groups excluding carboxylic acids is 1. The van der Waals surface area contributed by atoms with E-state index in [1.54, 1.807) is 6.20 Å². The van der Waals surface area contributed by atoms with Crippen molar-refractivity contribution in [2.24, 2.45) is 5.41 Å². The molecule has 21 heavy (non-hydrogen) atoms. The molecule has 4 nitrogen and oxygen atoms in total. The number of pyridine rings is 1. The molecule has 1 aromatic heterocycles. The maximum Gasteiger partial charge on any atom is 0.231 e. The number of rotatable bonds is 3. The Bertz CT molecular complexity index is 675. The molecule has 0 radical (unpaired) electrons. The van der Waals surface area contributed by atoms with Crippen LogP contribution in [0.25, 0.3) is 10.9 Å². The smallest absolute Gasteiger partial charge is 0.231 e. The fourth-order valence-corrected chi connectivity index (χ4v) is 3.08. The number of hydrogen-bond acceptors (Lipinski definition) is 3. The van der Waals surface area contributed by atoms with Gasteiger partial charge in [-0.05, 0) is 50.1 Å². The summed E-state index contributed by atoms with van der Waals surface area (Å²) in [7, 11) is 0. The number of nitrogens with one attached hydrogen (secondary N) is 2. The van der Waals surface area contributed by atoms with Gasteiger partial charge in [-0.1, -0.05) is 13.0 Å². The molecule has 110 valence electrons. The number of aryl methyl sites for hydroxylation is 1. The molecular formula is C17H21N3O. The van der Waals surface area contributed by atoms with Gasteiger partial charge in [0, 0.05) is 18.1 Å². The molecule has 4 heteroatoms. The van der Waals surface area contributed by atoms with E-state index in [9.17, 15) is 4.79 Å². The quantitative estimate of drug-likeness (QED) is 0.910. The third kappa shape index (κ3) is 2.40. The monoisotopic (exact) mass is 283 g/mol. The minimum atomic E-state index is -0.278. The summed E-state index contributed by atoms with van der Waals surface area (Å²) in [4.78, 5) is 17.1. The Balaban J connectivity index is 1.95. The lowest BCUT2D eigenvalue weighted by Crippen LogP contribution is -2.37. The largest absolute Gasteiger partial charge is 0.325 e. The fraction of sp³-hybridized carbons (Fsp3) is 0.412. The van der Waals surface area contributed by atoms with E-state index in [0.717, 1.165) is 48.1 Å². The van der Waals surface area contributed by atoms with Crippen LogP contribution in [0.3, 0.4) is 0 Å². The number of aromatic nitrogens is 1. The van der Waals surface area contributed by atoms with Crippen molar-refractivity contribution in [3.63, 3.8) is 0 Å². The lowest BCUT2D eigenvalue weighted by Gasteiger charge is -2.25. The van der Waals surface area contributed by atoms with Crippen molar-refractivity contribution in [2.75, 3.05) is 18.4 Å². The van der Waals surface area contributed by atoms with Crippen LogP contribution in [-0.2, 0) is 4.79 Å². The second-order valence-corrected chi connectivity index (χ2v) is 5.84. The maximum atomic E-state index is 12.7. The lowest BCUT2D eigenvalue weighted by molar-refractivity contribution is -0.124. The molecule has 1 saturated heterocycles. The average Bonchev–Trinajstić information content (AvgIpc) is 3.00. The molecule has 2 heterocycles. The molecule has 3 rings (SSSR count). The number of fused-ring (bicyclic) bond motifs is 1. The summed E-state index contributed by atoms with van der Waals surface area (Å²) < 4.78 is 0. The van der Waals surface area contributed by atoms with E-state index in [1.165, 1.54) is 0 Å². The predicted molar refractivity (Wildman–Crippen MR) is 85.3 cm³/mol. The van der Waals surface area contributed by atoms with E-state index in [1.807, 2.05) is 31.2 Å². The minimum Gasteiger partial charge on any atom is -0.325 e. The normalized spacial score (nSPS) is 21.6. The van der Waals surface area contributed by atoms with Crippen LogP contribution in [0.15, 0.2) is 30.5 Å². The molecule has 1 amide bonds. The van der Waals surface area contributed by atoms with Crippen molar-refractivity contribution in [3.05, 3.63) is 36.0 Å². The highest BCUT2D eigenvalue weighted by molar-refractivity contribution is 6.04. The second kappa shape index (κ2) is 5.45. The van der Waals surface area contributed by atoms with Gasteiger partial charge < -0.3 is 10.6 Å². The van der Waals surface area contributed by atoms with Gasteiger partial charge in [0.25, 0.3) is 0 Å². The van der Waals surface area contributed by atoms with Crippen LogP contribution < -0.4 is 10.6 Å². The van der Waals surface area contributed by atoms with Crippen molar-refractivity contribution >= 4 is 22.5 Å². The number of amides is 1. The molecule has 1 unspecified atom stereocenters. The molecule has 1 aliphatic heterocycles. The average molecular weight is 283 g/mol. The zero-order valence-electron chi connectivity index (χ0n) is 12.6. The van der Waals surface area contributed by atoms with Gasteiger partial charge in [-0.25, -0.2) is 0 Å². The highest BCUT2D eigenvalue weighted by Crippen LogP contribution is 2.32. The molecular weight excluding hydrogens is 262 g/mol. The Morgan fingerprint density at radius 2 is 2.29 bits per heavy atom. The summed E-state index contributed by atoms with van der Waals surface area (Å²) in [6.45, 7) is 5.80. The van der Waals surface area contributed by atoms with Crippen LogP contribution in [0.2, 0.25) is 0 Å². The van der Waals surface area contributed by atoms with Crippen molar-refractivity contribution in [1.82, 2.24) is 10.3 Å². The zero-order chi connectivity index (χ0) is 14.9. The third-order valence-corrected chi connectivity index (χ3v) is 4.62. The van der Waals surface area contributed by atoms with Crippen molar-refractivity contribution < 1.29 is 4.79 Å². The molecule has 0 bridgehead atoms. The van der Waals surface area contributed by atoms with Crippen molar-refractivity contribution in [1.29, 1.82) is 0 Å². The van der Waals surface area contributed by atoms with Gasteiger partial charge in [-0.2, -0.15) is 0 Å². The van der Waals surface area contributed by atoms with Crippen molar-refractivity contribution in [3.8, 4) is 0 Å². The molecule has 2 N–H and O–H groups in total. The Labute approximate surface area is 125 Å². The first-order chi connectivity index (χ1) is 10.2. The standard InChI is InChI=1S/C17H21N3O/c1-3-17(8-10-18-11-17)16(21)20-14-7-6-12(2)15-13(14)5-4-9-19-15/h4-7,9,18H,3,8,10-11H2,1-2H3,(H,20,21). The molecule has 1 aliphatic rings. The highest BCUT2D eigenvalue weighted by atomic mass is 16.2. The minimum absolute atomic E-state index is 0.115. The van der Waals surface area contributed by atoms with Crippen LogP contribution in [0.1, 0.15) is 25.3 Å². The summed E-state index contributed by atoms with van der Waals surface area (Å²) in [5.74, 6) is 0.115. The van der Waals surface area contributed by atoms with E-state index in [4.69, 9.17) is 0 Å². The topological polar surface area (TPSA) is 54.0 Å². The second-order valence-electron chi connectivity index (χ2n) is 5.84. The van der Waals surface area contributed by atoms with Gasteiger partial charge in [-0.15, -0.1) is 0 Å². The van der Waals surface area contributed by atoms with Gasteiger partial charge >= 0.3 is 0 Å². The lowest BCUT2D eigenvalue weighted by atomic mass is 9.83. The number of benzene rings is 1. The van der Waals surface area contributed by atoms with Crippen LogP contribution in [0.4, 0.5) is 5.69 Å². The van der Waals surface area contributed by atoms with Crippen LogP contribution in [-0.4, -0.2) is 24.0 Å². The Morgan fingerprint density at radius 1 is 1.43 bits per heavy atom. The first-order valence-corrected chi connectivity index (χ1v) is 7.53. The summed E-state index contributed by atoms with van der Waals surface area (Å²) in [6.07, 6.45) is 3.54. The summed E-state index contributed by atoms with van der Waals surface area (Å²) >= 11 is 0. The summed E-state index contributed by atoms with van der Waals surface area (Å²) in [6, 6.07) is 7.90.